The van der Waals surface area contributed by atoms with Crippen molar-refractivity contribution in [1.29, 1.82) is 5.26 Å². The van der Waals surface area contributed by atoms with Crippen LogP contribution >= 0.6 is 0 Å². The van der Waals surface area contributed by atoms with Gasteiger partial charge in [0.1, 0.15) is 6.07 Å². The summed E-state index contributed by atoms with van der Waals surface area (Å²) in [6.45, 7) is 6.38. The number of hydrogen-bond acceptors (Lipinski definition) is 3. The van der Waals surface area contributed by atoms with E-state index in [1.807, 2.05) is 12.1 Å². The first-order chi connectivity index (χ1) is 7.72. The Morgan fingerprint density at radius 3 is 2.31 bits per heavy atom. The topological polar surface area (TPSA) is 53.0 Å². The Balaban J connectivity index is 2.93. The molecule has 1 aromatic rings. The molecule has 0 saturated heterocycles. The van der Waals surface area contributed by atoms with Crippen molar-refractivity contribution >= 4 is 11.4 Å². The SMILES string of the molecule is CCCN(CCC)c1ccc(C#N)c(N)c1. The number of benzene rings is 1. The molecule has 0 aromatic heterocycles. The molecule has 3 nitrogen and oxygen atoms in total. The van der Waals surface area contributed by atoms with E-state index in [1.165, 1.54) is 0 Å². The van der Waals surface area contributed by atoms with Crippen LogP contribution in [-0.2, 0) is 0 Å². The molecule has 0 aliphatic carbocycles. The summed E-state index contributed by atoms with van der Waals surface area (Å²) < 4.78 is 0. The van der Waals surface area contributed by atoms with Gasteiger partial charge in [0.2, 0.25) is 0 Å². The van der Waals surface area contributed by atoms with Crippen molar-refractivity contribution in [2.45, 2.75) is 26.7 Å². The molecule has 0 amide bonds. The fourth-order valence-corrected chi connectivity index (χ4v) is 1.76. The summed E-state index contributed by atoms with van der Waals surface area (Å²) in [5, 5.41) is 8.81. The molecule has 0 saturated carbocycles. The summed E-state index contributed by atoms with van der Waals surface area (Å²) in [6, 6.07) is 7.74. The number of nitrogens with two attached hydrogens (primary N) is 1. The highest BCUT2D eigenvalue weighted by atomic mass is 15.1. The van der Waals surface area contributed by atoms with E-state index in [1.54, 1.807) is 6.07 Å². The van der Waals surface area contributed by atoms with Gasteiger partial charge in [0.25, 0.3) is 0 Å². The van der Waals surface area contributed by atoms with Gasteiger partial charge in [0, 0.05) is 18.8 Å². The molecule has 1 rings (SSSR count). The average Bonchev–Trinajstić information content (AvgIpc) is 2.28. The Kier molecular flexibility index (Phi) is 4.65. The van der Waals surface area contributed by atoms with Gasteiger partial charge in [0.05, 0.1) is 11.3 Å². The van der Waals surface area contributed by atoms with Gasteiger partial charge in [-0.2, -0.15) is 5.26 Å². The highest BCUT2D eigenvalue weighted by Crippen LogP contribution is 2.21. The van der Waals surface area contributed by atoms with Crippen LogP contribution in [0.2, 0.25) is 0 Å². The van der Waals surface area contributed by atoms with E-state index in [4.69, 9.17) is 11.0 Å². The molecule has 0 aliphatic rings. The van der Waals surface area contributed by atoms with E-state index in [0.29, 0.717) is 11.3 Å². The zero-order valence-corrected chi connectivity index (χ0v) is 10.0. The van der Waals surface area contributed by atoms with Gasteiger partial charge < -0.3 is 10.6 Å². The smallest absolute Gasteiger partial charge is 0.101 e. The predicted octanol–water partition coefficient (Wildman–Crippen LogP) is 2.77. The molecule has 0 aliphatic heterocycles. The quantitative estimate of drug-likeness (QED) is 0.771. The molecule has 16 heavy (non-hydrogen) atoms. The maximum absolute atomic E-state index is 8.81. The molecule has 0 radical (unpaired) electrons. The number of rotatable bonds is 5. The summed E-state index contributed by atoms with van der Waals surface area (Å²) in [5.41, 5.74) is 8.04. The lowest BCUT2D eigenvalue weighted by molar-refractivity contribution is 0.745. The largest absolute Gasteiger partial charge is 0.398 e. The van der Waals surface area contributed by atoms with E-state index in [0.717, 1.165) is 31.6 Å². The molecule has 1 aromatic carbocycles. The van der Waals surface area contributed by atoms with Crippen LogP contribution < -0.4 is 10.6 Å². The van der Waals surface area contributed by atoms with Crippen molar-refractivity contribution in [3.63, 3.8) is 0 Å². The lowest BCUT2D eigenvalue weighted by Gasteiger charge is -2.24. The average molecular weight is 217 g/mol. The number of nitrogens with zero attached hydrogens (tertiary/aromatic N) is 2. The number of anilines is 2. The third kappa shape index (κ3) is 2.90. The maximum atomic E-state index is 8.81. The molecule has 3 heteroatoms. The minimum Gasteiger partial charge on any atom is -0.398 e. The van der Waals surface area contributed by atoms with Gasteiger partial charge in [-0.3, -0.25) is 0 Å². The van der Waals surface area contributed by atoms with E-state index in [9.17, 15) is 0 Å². The molecule has 86 valence electrons. The van der Waals surface area contributed by atoms with Crippen molar-refractivity contribution in [3.8, 4) is 6.07 Å². The molecule has 2 N–H and O–H groups in total. The Bertz CT molecular complexity index is 373. The minimum absolute atomic E-state index is 0.552. The summed E-state index contributed by atoms with van der Waals surface area (Å²) in [7, 11) is 0. The van der Waals surface area contributed by atoms with Crippen molar-refractivity contribution in [1.82, 2.24) is 0 Å². The van der Waals surface area contributed by atoms with Crippen LogP contribution in [0.4, 0.5) is 11.4 Å². The summed E-state index contributed by atoms with van der Waals surface area (Å²) >= 11 is 0. The Hall–Kier alpha value is -1.69. The van der Waals surface area contributed by atoms with Gasteiger partial charge >= 0.3 is 0 Å². The van der Waals surface area contributed by atoms with E-state index in [2.05, 4.69) is 24.8 Å². The third-order valence-corrected chi connectivity index (χ3v) is 2.51. The second-order valence-corrected chi connectivity index (χ2v) is 3.87. The van der Waals surface area contributed by atoms with Gasteiger partial charge in [-0.1, -0.05) is 13.8 Å². The van der Waals surface area contributed by atoms with Crippen molar-refractivity contribution in [2.24, 2.45) is 0 Å². The number of nitriles is 1. The first-order valence-corrected chi connectivity index (χ1v) is 5.77. The summed E-state index contributed by atoms with van der Waals surface area (Å²) in [6.07, 6.45) is 2.22. The standard InChI is InChI=1S/C13H19N3/c1-3-7-16(8-4-2)12-6-5-11(10-14)13(15)9-12/h5-6,9H,3-4,7-8,15H2,1-2H3. The lowest BCUT2D eigenvalue weighted by atomic mass is 10.1. The second kappa shape index (κ2) is 6.02. The first-order valence-electron chi connectivity index (χ1n) is 5.77. The fraction of sp³-hybridized carbons (Fsp3) is 0.462. The van der Waals surface area contributed by atoms with Crippen LogP contribution in [0.3, 0.4) is 0 Å². The molecule has 0 unspecified atom stereocenters. The third-order valence-electron chi connectivity index (χ3n) is 2.51. The monoisotopic (exact) mass is 217 g/mol. The Morgan fingerprint density at radius 1 is 1.25 bits per heavy atom. The van der Waals surface area contributed by atoms with Crippen molar-refractivity contribution in [2.75, 3.05) is 23.7 Å². The number of nitrogen functional groups attached to an aromatic ring is 1. The van der Waals surface area contributed by atoms with Gasteiger partial charge in [-0.25, -0.2) is 0 Å². The van der Waals surface area contributed by atoms with Crippen LogP contribution in [0.15, 0.2) is 18.2 Å². The molecule has 0 atom stereocenters. The van der Waals surface area contributed by atoms with Crippen LogP contribution in [0.25, 0.3) is 0 Å². The summed E-state index contributed by atoms with van der Waals surface area (Å²) in [4.78, 5) is 2.30. The van der Waals surface area contributed by atoms with Crippen LogP contribution in [0, 0.1) is 11.3 Å². The predicted molar refractivity (Wildman–Crippen MR) is 68.4 cm³/mol. The first kappa shape index (κ1) is 12.4. The fourth-order valence-electron chi connectivity index (χ4n) is 1.76. The van der Waals surface area contributed by atoms with Gasteiger partial charge in [-0.15, -0.1) is 0 Å². The highest BCUT2D eigenvalue weighted by molar-refractivity contribution is 5.63. The van der Waals surface area contributed by atoms with Crippen molar-refractivity contribution < 1.29 is 0 Å². The Labute approximate surface area is 97.5 Å². The zero-order valence-electron chi connectivity index (χ0n) is 10.0. The normalized spacial score (nSPS) is 9.81. The van der Waals surface area contributed by atoms with Gasteiger partial charge in [0.15, 0.2) is 0 Å². The lowest BCUT2D eigenvalue weighted by Crippen LogP contribution is -2.24. The van der Waals surface area contributed by atoms with Crippen LogP contribution in [0.1, 0.15) is 32.3 Å². The zero-order chi connectivity index (χ0) is 12.0. The van der Waals surface area contributed by atoms with Crippen molar-refractivity contribution in [3.05, 3.63) is 23.8 Å². The summed E-state index contributed by atoms with van der Waals surface area (Å²) in [5.74, 6) is 0. The molecule has 0 fully saturated rings. The molecule has 0 bridgehead atoms. The minimum atomic E-state index is 0.552. The number of hydrogen-bond donors (Lipinski definition) is 1. The molecular formula is C13H19N3. The molecular weight excluding hydrogens is 198 g/mol. The van der Waals surface area contributed by atoms with E-state index < -0.39 is 0 Å². The van der Waals surface area contributed by atoms with Crippen LogP contribution in [-0.4, -0.2) is 13.1 Å². The Morgan fingerprint density at radius 2 is 1.88 bits per heavy atom. The maximum Gasteiger partial charge on any atom is 0.101 e. The van der Waals surface area contributed by atoms with E-state index in [-0.39, 0.29) is 0 Å². The highest BCUT2D eigenvalue weighted by Gasteiger charge is 2.06. The molecule has 0 spiro atoms. The second-order valence-electron chi connectivity index (χ2n) is 3.87. The molecule has 0 heterocycles. The van der Waals surface area contributed by atoms with Gasteiger partial charge in [-0.05, 0) is 31.0 Å². The van der Waals surface area contributed by atoms with Crippen LogP contribution in [0.5, 0.6) is 0 Å². The van der Waals surface area contributed by atoms with E-state index >= 15 is 0 Å².